The molecule has 1 N–H and O–H groups in total. The third-order valence-corrected chi connectivity index (χ3v) is 6.53. The molecule has 34 heavy (non-hydrogen) atoms. The SMILES string of the molecule is Cn1c(SCC(=O)Nc2cccc3c2C(=O)c2ccccc2C3=O)nnc1-c1ccccc1F. The van der Waals surface area contributed by atoms with Gasteiger partial charge in [0.05, 0.1) is 22.6 Å². The molecule has 0 saturated heterocycles. The van der Waals surface area contributed by atoms with Crippen LogP contribution in [0, 0.1) is 5.82 Å². The minimum absolute atomic E-state index is 0.0222. The van der Waals surface area contributed by atoms with Crippen molar-refractivity contribution in [3.8, 4) is 11.4 Å². The van der Waals surface area contributed by atoms with E-state index in [1.807, 2.05) is 0 Å². The first kappa shape index (κ1) is 21.7. The number of nitrogens with one attached hydrogen (secondary N) is 1. The fourth-order valence-electron chi connectivity index (χ4n) is 3.88. The van der Waals surface area contributed by atoms with E-state index in [1.54, 1.807) is 72.3 Å². The summed E-state index contributed by atoms with van der Waals surface area (Å²) in [5.41, 5.74) is 1.71. The Hall–Kier alpha value is -4.11. The summed E-state index contributed by atoms with van der Waals surface area (Å²) in [6.07, 6.45) is 0. The van der Waals surface area contributed by atoms with E-state index in [0.29, 0.717) is 27.7 Å². The van der Waals surface area contributed by atoms with Crippen LogP contribution in [0.2, 0.25) is 0 Å². The molecule has 0 atom stereocenters. The van der Waals surface area contributed by atoms with Gasteiger partial charge in [-0.1, -0.05) is 60.3 Å². The van der Waals surface area contributed by atoms with Gasteiger partial charge in [0, 0.05) is 23.7 Å². The van der Waals surface area contributed by atoms with Crippen molar-refractivity contribution in [2.75, 3.05) is 11.1 Å². The molecule has 0 unspecified atom stereocenters. The molecular formula is C25H17FN4O3S. The highest BCUT2D eigenvalue weighted by molar-refractivity contribution is 7.99. The molecule has 7 nitrogen and oxygen atoms in total. The van der Waals surface area contributed by atoms with Crippen LogP contribution in [0.1, 0.15) is 31.8 Å². The Morgan fingerprint density at radius 2 is 1.53 bits per heavy atom. The number of halogens is 1. The summed E-state index contributed by atoms with van der Waals surface area (Å²) >= 11 is 1.13. The normalized spacial score (nSPS) is 12.3. The molecule has 0 saturated carbocycles. The Morgan fingerprint density at radius 1 is 0.882 bits per heavy atom. The number of nitrogens with zero attached hydrogens (tertiary/aromatic N) is 3. The number of benzene rings is 3. The third kappa shape index (κ3) is 3.69. The maximum atomic E-state index is 14.1. The van der Waals surface area contributed by atoms with Crippen molar-refractivity contribution in [2.24, 2.45) is 7.05 Å². The molecule has 1 aliphatic rings. The summed E-state index contributed by atoms with van der Waals surface area (Å²) in [6, 6.07) is 17.7. The highest BCUT2D eigenvalue weighted by Crippen LogP contribution is 2.32. The number of anilines is 1. The standard InChI is InChI=1S/C25H17FN4O3S/c1-30-24(16-9-4-5-11-18(16)26)28-29-25(30)34-13-20(31)27-19-12-6-10-17-21(19)23(33)15-8-3-2-7-14(15)22(17)32/h2-12H,13H2,1H3,(H,27,31). The number of hydrogen-bond donors (Lipinski definition) is 1. The van der Waals surface area contributed by atoms with Crippen LogP contribution in [0.3, 0.4) is 0 Å². The quantitative estimate of drug-likeness (QED) is 0.387. The first-order chi connectivity index (χ1) is 16.5. The van der Waals surface area contributed by atoms with Gasteiger partial charge in [0.25, 0.3) is 0 Å². The van der Waals surface area contributed by atoms with Crippen LogP contribution in [0.25, 0.3) is 11.4 Å². The molecule has 0 aliphatic heterocycles. The van der Waals surface area contributed by atoms with E-state index in [1.165, 1.54) is 6.07 Å². The third-order valence-electron chi connectivity index (χ3n) is 5.51. The van der Waals surface area contributed by atoms with E-state index in [2.05, 4.69) is 15.5 Å². The highest BCUT2D eigenvalue weighted by Gasteiger charge is 2.31. The summed E-state index contributed by atoms with van der Waals surface area (Å²) in [5, 5.41) is 11.3. The van der Waals surface area contributed by atoms with Gasteiger partial charge >= 0.3 is 0 Å². The van der Waals surface area contributed by atoms with E-state index >= 15 is 0 Å². The molecule has 0 spiro atoms. The van der Waals surface area contributed by atoms with Crippen molar-refractivity contribution in [1.29, 1.82) is 0 Å². The first-order valence-electron chi connectivity index (χ1n) is 10.3. The average Bonchev–Trinajstić information content (AvgIpc) is 3.21. The highest BCUT2D eigenvalue weighted by atomic mass is 32.2. The smallest absolute Gasteiger partial charge is 0.234 e. The predicted molar refractivity (Wildman–Crippen MR) is 125 cm³/mol. The lowest BCUT2D eigenvalue weighted by Crippen LogP contribution is -2.24. The van der Waals surface area contributed by atoms with Crippen LogP contribution in [0.15, 0.2) is 71.9 Å². The summed E-state index contributed by atoms with van der Waals surface area (Å²) in [4.78, 5) is 38.7. The van der Waals surface area contributed by atoms with Crippen LogP contribution in [-0.2, 0) is 11.8 Å². The molecular weight excluding hydrogens is 455 g/mol. The molecule has 9 heteroatoms. The maximum Gasteiger partial charge on any atom is 0.234 e. The molecule has 1 amide bonds. The molecule has 3 aromatic carbocycles. The first-order valence-corrected chi connectivity index (χ1v) is 11.3. The second-order valence-electron chi connectivity index (χ2n) is 7.61. The Morgan fingerprint density at radius 3 is 2.26 bits per heavy atom. The second kappa shape index (κ2) is 8.68. The van der Waals surface area contributed by atoms with E-state index in [4.69, 9.17) is 0 Å². The lowest BCUT2D eigenvalue weighted by atomic mass is 9.83. The number of aromatic nitrogens is 3. The Labute approximate surface area is 198 Å². The van der Waals surface area contributed by atoms with Gasteiger partial charge in [-0.05, 0) is 18.2 Å². The van der Waals surface area contributed by atoms with Crippen molar-refractivity contribution >= 4 is 34.9 Å². The molecule has 1 aliphatic carbocycles. The Bertz CT molecular complexity index is 1480. The van der Waals surface area contributed by atoms with Crippen LogP contribution < -0.4 is 5.32 Å². The van der Waals surface area contributed by atoms with Crippen molar-refractivity contribution < 1.29 is 18.8 Å². The van der Waals surface area contributed by atoms with Crippen molar-refractivity contribution in [3.63, 3.8) is 0 Å². The zero-order valence-electron chi connectivity index (χ0n) is 17.9. The van der Waals surface area contributed by atoms with Gasteiger partial charge in [-0.25, -0.2) is 4.39 Å². The Kier molecular flexibility index (Phi) is 5.54. The number of carbonyl (C=O) groups excluding carboxylic acids is 3. The topological polar surface area (TPSA) is 94.0 Å². The summed E-state index contributed by atoms with van der Waals surface area (Å²) in [6.45, 7) is 0. The van der Waals surface area contributed by atoms with E-state index in [0.717, 1.165) is 11.8 Å². The largest absolute Gasteiger partial charge is 0.325 e. The molecule has 168 valence electrons. The molecule has 4 aromatic rings. The minimum atomic E-state index is -0.415. The van der Waals surface area contributed by atoms with Crippen LogP contribution in [0.5, 0.6) is 0 Å². The van der Waals surface area contributed by atoms with Gasteiger partial charge in [-0.3, -0.25) is 14.4 Å². The maximum absolute atomic E-state index is 14.1. The monoisotopic (exact) mass is 472 g/mol. The van der Waals surface area contributed by atoms with Gasteiger partial charge < -0.3 is 9.88 Å². The molecule has 0 fully saturated rings. The number of thioether (sulfide) groups is 1. The van der Waals surface area contributed by atoms with Gasteiger partial charge in [0.15, 0.2) is 22.5 Å². The molecule has 5 rings (SSSR count). The summed E-state index contributed by atoms with van der Waals surface area (Å²) in [5.74, 6) is -1.03. The van der Waals surface area contributed by atoms with Crippen LogP contribution in [0.4, 0.5) is 10.1 Å². The lowest BCUT2D eigenvalue weighted by molar-refractivity contribution is -0.113. The fourth-order valence-corrected chi connectivity index (χ4v) is 4.59. The Balaban J connectivity index is 1.34. The van der Waals surface area contributed by atoms with Crippen LogP contribution >= 0.6 is 11.8 Å². The number of carbonyl (C=O) groups is 3. The van der Waals surface area contributed by atoms with Crippen molar-refractivity contribution in [1.82, 2.24) is 14.8 Å². The zero-order valence-corrected chi connectivity index (χ0v) is 18.7. The van der Waals surface area contributed by atoms with Crippen molar-refractivity contribution in [3.05, 3.63) is 94.8 Å². The van der Waals surface area contributed by atoms with Gasteiger partial charge in [-0.2, -0.15) is 0 Å². The summed E-state index contributed by atoms with van der Waals surface area (Å²) in [7, 11) is 1.69. The number of hydrogen-bond acceptors (Lipinski definition) is 6. The van der Waals surface area contributed by atoms with E-state index in [-0.39, 0.29) is 40.0 Å². The average molecular weight is 473 g/mol. The van der Waals surface area contributed by atoms with Crippen LogP contribution in [-0.4, -0.2) is 38.0 Å². The lowest BCUT2D eigenvalue weighted by Gasteiger charge is -2.20. The van der Waals surface area contributed by atoms with E-state index < -0.39 is 5.82 Å². The molecule has 0 bridgehead atoms. The number of ketones is 2. The number of rotatable bonds is 5. The number of fused-ring (bicyclic) bond motifs is 2. The summed E-state index contributed by atoms with van der Waals surface area (Å²) < 4.78 is 15.7. The predicted octanol–water partition coefficient (Wildman–Crippen LogP) is 4.13. The second-order valence-corrected chi connectivity index (χ2v) is 8.56. The molecule has 0 radical (unpaired) electrons. The molecule has 1 aromatic heterocycles. The van der Waals surface area contributed by atoms with Gasteiger partial charge in [-0.15, -0.1) is 10.2 Å². The van der Waals surface area contributed by atoms with Gasteiger partial charge in [0.1, 0.15) is 5.82 Å². The van der Waals surface area contributed by atoms with Gasteiger partial charge in [0.2, 0.25) is 5.91 Å². The number of amides is 1. The van der Waals surface area contributed by atoms with Crippen molar-refractivity contribution in [2.45, 2.75) is 5.16 Å². The minimum Gasteiger partial charge on any atom is -0.325 e. The van der Waals surface area contributed by atoms with E-state index in [9.17, 15) is 18.8 Å². The fraction of sp³-hybridized carbons (Fsp3) is 0.0800. The molecule has 1 heterocycles. The zero-order chi connectivity index (χ0) is 23.8.